The molecule has 0 heterocycles. The van der Waals surface area contributed by atoms with E-state index >= 15 is 0 Å². The lowest BCUT2D eigenvalue weighted by molar-refractivity contribution is 0.481. The third-order valence-electron chi connectivity index (χ3n) is 2.36. The van der Waals surface area contributed by atoms with Crippen molar-refractivity contribution in [3.8, 4) is 0 Å². The van der Waals surface area contributed by atoms with Crippen molar-refractivity contribution in [3.63, 3.8) is 0 Å². The van der Waals surface area contributed by atoms with Crippen LogP contribution in [0.4, 0.5) is 0 Å². The van der Waals surface area contributed by atoms with Crippen molar-refractivity contribution in [1.29, 1.82) is 0 Å². The van der Waals surface area contributed by atoms with Crippen LogP contribution in [-0.4, -0.2) is 6.54 Å². The van der Waals surface area contributed by atoms with Gasteiger partial charge in [0.1, 0.15) is 0 Å². The zero-order valence-electron chi connectivity index (χ0n) is 8.41. The average Bonchev–Trinajstić information content (AvgIpc) is 2.18. The number of hydrogen-bond donors (Lipinski definition) is 2. The van der Waals surface area contributed by atoms with Gasteiger partial charge in [-0.05, 0) is 30.5 Å². The summed E-state index contributed by atoms with van der Waals surface area (Å²) in [5.74, 6) is 0.470. The van der Waals surface area contributed by atoms with Crippen LogP contribution in [0.25, 0.3) is 0 Å². The smallest absolute Gasteiger partial charge is 0.0309 e. The maximum absolute atomic E-state index is 6.09. The summed E-state index contributed by atoms with van der Waals surface area (Å²) in [5, 5.41) is 0. The van der Waals surface area contributed by atoms with E-state index in [9.17, 15) is 0 Å². The van der Waals surface area contributed by atoms with E-state index in [-0.39, 0.29) is 6.04 Å². The van der Waals surface area contributed by atoms with Crippen molar-refractivity contribution in [2.75, 3.05) is 6.54 Å². The molecule has 1 aromatic carbocycles. The molecule has 0 aliphatic rings. The topological polar surface area (TPSA) is 52.0 Å². The van der Waals surface area contributed by atoms with E-state index in [4.69, 9.17) is 11.5 Å². The van der Waals surface area contributed by atoms with E-state index in [1.807, 2.05) is 18.2 Å². The molecule has 78 valence electrons. The Morgan fingerprint density at radius 2 is 2.00 bits per heavy atom. The highest BCUT2D eigenvalue weighted by molar-refractivity contribution is 9.10. The molecule has 0 aromatic heterocycles. The first-order valence-electron chi connectivity index (χ1n) is 4.85. The van der Waals surface area contributed by atoms with E-state index < -0.39 is 0 Å². The molecule has 0 fully saturated rings. The average molecular weight is 257 g/mol. The van der Waals surface area contributed by atoms with Crippen LogP contribution >= 0.6 is 15.9 Å². The maximum atomic E-state index is 6.09. The molecule has 3 heteroatoms. The van der Waals surface area contributed by atoms with Gasteiger partial charge in [0.05, 0.1) is 0 Å². The molecule has 0 saturated heterocycles. The first kappa shape index (κ1) is 11.7. The minimum atomic E-state index is 0.0733. The van der Waals surface area contributed by atoms with Gasteiger partial charge < -0.3 is 11.5 Å². The number of nitrogens with two attached hydrogens (primary N) is 2. The molecule has 1 aromatic rings. The highest BCUT2D eigenvalue weighted by atomic mass is 79.9. The molecule has 2 atom stereocenters. The van der Waals surface area contributed by atoms with Crippen molar-refractivity contribution in [2.45, 2.75) is 19.4 Å². The summed E-state index contributed by atoms with van der Waals surface area (Å²) >= 11 is 3.50. The Hall–Kier alpha value is -0.380. The van der Waals surface area contributed by atoms with E-state index in [1.165, 1.54) is 0 Å². The molecule has 14 heavy (non-hydrogen) atoms. The lowest BCUT2D eigenvalue weighted by atomic mass is 9.97. The largest absolute Gasteiger partial charge is 0.330 e. The van der Waals surface area contributed by atoms with Crippen LogP contribution in [0.3, 0.4) is 0 Å². The highest BCUT2D eigenvalue weighted by Gasteiger charge is 2.12. The second kappa shape index (κ2) is 5.49. The van der Waals surface area contributed by atoms with Gasteiger partial charge in [-0.2, -0.15) is 0 Å². The zero-order chi connectivity index (χ0) is 10.6. The number of benzene rings is 1. The van der Waals surface area contributed by atoms with Gasteiger partial charge in [0, 0.05) is 10.5 Å². The first-order chi connectivity index (χ1) is 6.65. The van der Waals surface area contributed by atoms with Gasteiger partial charge in [-0.15, -0.1) is 0 Å². The minimum absolute atomic E-state index is 0.0733. The standard InChI is InChI=1S/C11H17BrN2/c1-8(7-13)6-11(14)9-4-2-3-5-10(9)12/h2-5,8,11H,6-7,13-14H2,1H3. The van der Waals surface area contributed by atoms with Crippen LogP contribution in [0.15, 0.2) is 28.7 Å². The second-order valence-electron chi connectivity index (χ2n) is 3.70. The fraction of sp³-hybridized carbons (Fsp3) is 0.455. The number of hydrogen-bond acceptors (Lipinski definition) is 2. The van der Waals surface area contributed by atoms with Gasteiger partial charge in [0.2, 0.25) is 0 Å². The number of rotatable bonds is 4. The number of halogens is 1. The Balaban J connectivity index is 2.69. The molecular formula is C11H17BrN2. The summed E-state index contributed by atoms with van der Waals surface area (Å²) in [6, 6.07) is 8.14. The van der Waals surface area contributed by atoms with E-state index in [0.717, 1.165) is 16.5 Å². The zero-order valence-corrected chi connectivity index (χ0v) is 10.00. The molecule has 0 bridgehead atoms. The minimum Gasteiger partial charge on any atom is -0.330 e. The van der Waals surface area contributed by atoms with Crippen LogP contribution < -0.4 is 11.5 Å². The maximum Gasteiger partial charge on any atom is 0.0309 e. The van der Waals surface area contributed by atoms with E-state index in [0.29, 0.717) is 12.5 Å². The molecule has 0 aliphatic heterocycles. The highest BCUT2D eigenvalue weighted by Crippen LogP contribution is 2.25. The van der Waals surface area contributed by atoms with Gasteiger partial charge in [0.25, 0.3) is 0 Å². The molecular weight excluding hydrogens is 240 g/mol. The Labute approximate surface area is 93.8 Å². The molecule has 0 amide bonds. The summed E-state index contributed by atoms with van der Waals surface area (Å²) in [6.45, 7) is 2.81. The van der Waals surface area contributed by atoms with Crippen molar-refractivity contribution in [2.24, 2.45) is 17.4 Å². The predicted octanol–water partition coefficient (Wildman–Crippen LogP) is 2.43. The van der Waals surface area contributed by atoms with Crippen molar-refractivity contribution >= 4 is 15.9 Å². The van der Waals surface area contributed by atoms with Crippen LogP contribution in [0.5, 0.6) is 0 Å². The second-order valence-corrected chi connectivity index (χ2v) is 4.56. The Kier molecular flexibility index (Phi) is 4.58. The Morgan fingerprint density at radius 1 is 1.36 bits per heavy atom. The van der Waals surface area contributed by atoms with Gasteiger partial charge in [-0.3, -0.25) is 0 Å². The third-order valence-corrected chi connectivity index (χ3v) is 3.09. The Morgan fingerprint density at radius 3 is 2.57 bits per heavy atom. The van der Waals surface area contributed by atoms with Crippen molar-refractivity contribution in [1.82, 2.24) is 0 Å². The molecule has 0 spiro atoms. The lowest BCUT2D eigenvalue weighted by Gasteiger charge is -2.17. The Bertz CT molecular complexity index is 288. The van der Waals surface area contributed by atoms with Crippen molar-refractivity contribution < 1.29 is 0 Å². The summed E-state index contributed by atoms with van der Waals surface area (Å²) in [7, 11) is 0. The normalized spacial score (nSPS) is 15.1. The fourth-order valence-electron chi connectivity index (χ4n) is 1.43. The fourth-order valence-corrected chi connectivity index (χ4v) is 2.01. The van der Waals surface area contributed by atoms with Gasteiger partial charge in [-0.25, -0.2) is 0 Å². The third kappa shape index (κ3) is 3.08. The molecule has 0 radical (unpaired) electrons. The summed E-state index contributed by atoms with van der Waals surface area (Å²) in [6.07, 6.45) is 0.930. The predicted molar refractivity (Wildman–Crippen MR) is 63.9 cm³/mol. The summed E-state index contributed by atoms with van der Waals surface area (Å²) in [5.41, 5.74) is 12.8. The summed E-state index contributed by atoms with van der Waals surface area (Å²) < 4.78 is 1.08. The lowest BCUT2D eigenvalue weighted by Crippen LogP contribution is -2.19. The first-order valence-corrected chi connectivity index (χ1v) is 5.64. The molecule has 1 rings (SSSR count). The van der Waals surface area contributed by atoms with Crippen LogP contribution in [0.2, 0.25) is 0 Å². The van der Waals surface area contributed by atoms with Crippen molar-refractivity contribution in [3.05, 3.63) is 34.3 Å². The van der Waals surface area contributed by atoms with E-state index in [1.54, 1.807) is 0 Å². The van der Waals surface area contributed by atoms with Gasteiger partial charge in [-0.1, -0.05) is 41.1 Å². The SMILES string of the molecule is CC(CN)CC(N)c1ccccc1Br. The van der Waals surface area contributed by atoms with E-state index in [2.05, 4.69) is 28.9 Å². The van der Waals surface area contributed by atoms with Crippen LogP contribution in [0.1, 0.15) is 24.9 Å². The monoisotopic (exact) mass is 256 g/mol. The molecule has 2 unspecified atom stereocenters. The van der Waals surface area contributed by atoms with Gasteiger partial charge >= 0.3 is 0 Å². The molecule has 0 saturated carbocycles. The summed E-state index contributed by atoms with van der Waals surface area (Å²) in [4.78, 5) is 0. The van der Waals surface area contributed by atoms with Gasteiger partial charge in [0.15, 0.2) is 0 Å². The quantitative estimate of drug-likeness (QED) is 0.870. The molecule has 4 N–H and O–H groups in total. The molecule has 0 aliphatic carbocycles. The molecule has 2 nitrogen and oxygen atoms in total. The van der Waals surface area contributed by atoms with Crippen LogP contribution in [0, 0.1) is 5.92 Å². The van der Waals surface area contributed by atoms with Crippen LogP contribution in [-0.2, 0) is 0 Å².